The van der Waals surface area contributed by atoms with Crippen molar-refractivity contribution in [2.75, 3.05) is 7.05 Å². The smallest absolute Gasteiger partial charge is 0.313 e. The van der Waals surface area contributed by atoms with Gasteiger partial charge in [0.15, 0.2) is 0 Å². The summed E-state index contributed by atoms with van der Waals surface area (Å²) < 4.78 is 26.4. The van der Waals surface area contributed by atoms with Crippen molar-refractivity contribution in [3.63, 3.8) is 0 Å². The number of hydrogen-bond donors (Lipinski definition) is 1. The van der Waals surface area contributed by atoms with Crippen molar-refractivity contribution in [2.45, 2.75) is 30.7 Å². The molecule has 0 atom stereocenters. The number of carbonyl (C=O) groups is 1. The van der Waals surface area contributed by atoms with Gasteiger partial charge in [-0.2, -0.15) is 4.31 Å². The summed E-state index contributed by atoms with van der Waals surface area (Å²) in [5.74, 6) is -0.974. The van der Waals surface area contributed by atoms with E-state index in [1.807, 2.05) is 0 Å². The Balaban J connectivity index is 2.25. The van der Waals surface area contributed by atoms with Gasteiger partial charge in [-0.15, -0.1) is 0 Å². The number of benzene rings is 1. The first-order valence-corrected chi connectivity index (χ1v) is 8.65. The lowest BCUT2D eigenvalue weighted by atomic mass is 9.85. The third-order valence-electron chi connectivity index (χ3n) is 3.82. The van der Waals surface area contributed by atoms with Crippen LogP contribution in [0.5, 0.6) is 0 Å². The Labute approximate surface area is 141 Å². The minimum Gasteiger partial charge on any atom is -0.481 e. The van der Waals surface area contributed by atoms with Crippen LogP contribution in [0, 0.1) is 0 Å². The molecule has 0 spiro atoms. The van der Waals surface area contributed by atoms with Gasteiger partial charge in [0, 0.05) is 25.6 Å². The van der Waals surface area contributed by atoms with E-state index >= 15 is 0 Å². The summed E-state index contributed by atoms with van der Waals surface area (Å²) >= 11 is 0. The second kappa shape index (κ2) is 6.66. The molecule has 8 heteroatoms. The molecule has 2 aromatic rings. The molecule has 1 aromatic carbocycles. The molecule has 1 aromatic heterocycles. The van der Waals surface area contributed by atoms with Crippen LogP contribution in [0.2, 0.25) is 0 Å². The van der Waals surface area contributed by atoms with Crippen LogP contribution in [-0.4, -0.2) is 40.8 Å². The Morgan fingerprint density at radius 3 is 2.33 bits per heavy atom. The normalized spacial score (nSPS) is 12.3. The second-order valence-corrected chi connectivity index (χ2v) is 7.96. The van der Waals surface area contributed by atoms with Gasteiger partial charge in [0.1, 0.15) is 0 Å². The molecule has 0 amide bonds. The van der Waals surface area contributed by atoms with Gasteiger partial charge in [-0.05, 0) is 31.5 Å². The van der Waals surface area contributed by atoms with E-state index in [0.29, 0.717) is 11.3 Å². The van der Waals surface area contributed by atoms with Gasteiger partial charge in [0.2, 0.25) is 10.0 Å². The van der Waals surface area contributed by atoms with Crippen LogP contribution in [0.15, 0.2) is 47.8 Å². The van der Waals surface area contributed by atoms with Crippen molar-refractivity contribution in [2.24, 2.45) is 0 Å². The third kappa shape index (κ3) is 3.60. The lowest BCUT2D eigenvalue weighted by molar-refractivity contribution is -0.142. The van der Waals surface area contributed by atoms with Gasteiger partial charge in [-0.3, -0.25) is 14.8 Å². The highest BCUT2D eigenvalue weighted by molar-refractivity contribution is 7.89. The number of sulfonamides is 1. The highest BCUT2D eigenvalue weighted by atomic mass is 32.2. The Hall–Kier alpha value is -2.32. The molecule has 0 aliphatic heterocycles. The molecule has 0 bridgehead atoms. The van der Waals surface area contributed by atoms with Gasteiger partial charge < -0.3 is 5.11 Å². The molecule has 1 heterocycles. The Kier molecular flexibility index (Phi) is 5.00. The topological polar surface area (TPSA) is 100 Å². The number of aliphatic carboxylic acids is 1. The fraction of sp³-hybridized carbons (Fsp3) is 0.312. The van der Waals surface area contributed by atoms with E-state index in [9.17, 15) is 18.3 Å². The largest absolute Gasteiger partial charge is 0.481 e. The molecule has 0 aliphatic rings. The summed E-state index contributed by atoms with van der Waals surface area (Å²) in [6, 6.07) is 5.89. The van der Waals surface area contributed by atoms with Crippen LogP contribution in [0.4, 0.5) is 0 Å². The SMILES string of the molecule is CN(Cc1cnccn1)S(=O)(=O)c1ccc(C(C)(C)C(=O)O)cc1. The summed E-state index contributed by atoms with van der Waals surface area (Å²) in [6.45, 7) is 3.23. The predicted octanol–water partition coefficient (Wildman–Crippen LogP) is 1.66. The maximum atomic E-state index is 12.6. The highest BCUT2D eigenvalue weighted by Crippen LogP contribution is 2.25. The minimum atomic E-state index is -3.70. The molecule has 1 N–H and O–H groups in total. The van der Waals surface area contributed by atoms with E-state index in [4.69, 9.17) is 0 Å². The van der Waals surface area contributed by atoms with Crippen molar-refractivity contribution in [1.82, 2.24) is 14.3 Å². The van der Waals surface area contributed by atoms with Gasteiger partial charge in [-0.25, -0.2) is 8.42 Å². The zero-order chi connectivity index (χ0) is 18.0. The first kappa shape index (κ1) is 18.0. The van der Waals surface area contributed by atoms with E-state index in [1.54, 1.807) is 13.8 Å². The van der Waals surface area contributed by atoms with E-state index < -0.39 is 21.4 Å². The predicted molar refractivity (Wildman–Crippen MR) is 87.8 cm³/mol. The Bertz CT molecular complexity index is 818. The highest BCUT2D eigenvalue weighted by Gasteiger charge is 2.30. The first-order chi connectivity index (χ1) is 11.2. The lowest BCUT2D eigenvalue weighted by Crippen LogP contribution is -2.29. The second-order valence-electron chi connectivity index (χ2n) is 5.91. The first-order valence-electron chi connectivity index (χ1n) is 7.21. The monoisotopic (exact) mass is 349 g/mol. The van der Waals surface area contributed by atoms with E-state index in [0.717, 1.165) is 0 Å². The molecule has 0 unspecified atom stereocenters. The zero-order valence-electron chi connectivity index (χ0n) is 13.7. The summed E-state index contributed by atoms with van der Waals surface area (Å²) in [6.07, 6.45) is 4.52. The number of aromatic nitrogens is 2. The zero-order valence-corrected chi connectivity index (χ0v) is 14.5. The van der Waals surface area contributed by atoms with Crippen LogP contribution < -0.4 is 0 Å². The number of rotatable bonds is 6. The van der Waals surface area contributed by atoms with Crippen LogP contribution in [0.3, 0.4) is 0 Å². The standard InChI is InChI=1S/C16H19N3O4S/c1-16(2,15(20)21)12-4-6-14(7-5-12)24(22,23)19(3)11-13-10-17-8-9-18-13/h4-10H,11H2,1-3H3,(H,20,21). The molecule has 0 saturated heterocycles. The van der Waals surface area contributed by atoms with E-state index in [2.05, 4.69) is 9.97 Å². The van der Waals surface area contributed by atoms with E-state index in [1.165, 1.54) is 54.2 Å². The molecule has 0 aliphatic carbocycles. The van der Waals surface area contributed by atoms with Crippen LogP contribution in [0.25, 0.3) is 0 Å². The van der Waals surface area contributed by atoms with Crippen molar-refractivity contribution >= 4 is 16.0 Å². The molecule has 7 nitrogen and oxygen atoms in total. The van der Waals surface area contributed by atoms with Crippen LogP contribution in [-0.2, 0) is 26.8 Å². The lowest BCUT2D eigenvalue weighted by Gasteiger charge is -2.21. The molecule has 128 valence electrons. The van der Waals surface area contributed by atoms with E-state index in [-0.39, 0.29) is 11.4 Å². The summed E-state index contributed by atoms with van der Waals surface area (Å²) in [7, 11) is -2.24. The fourth-order valence-electron chi connectivity index (χ4n) is 2.07. The fourth-order valence-corrected chi connectivity index (χ4v) is 3.21. The number of hydrogen-bond acceptors (Lipinski definition) is 5. The number of nitrogens with zero attached hydrogens (tertiary/aromatic N) is 3. The number of carboxylic acid groups (broad SMARTS) is 1. The third-order valence-corrected chi connectivity index (χ3v) is 5.64. The number of carboxylic acids is 1. The average Bonchev–Trinajstić information content (AvgIpc) is 2.55. The summed E-state index contributed by atoms with van der Waals surface area (Å²) in [4.78, 5) is 19.3. The van der Waals surface area contributed by atoms with Crippen molar-refractivity contribution in [3.8, 4) is 0 Å². The van der Waals surface area contributed by atoms with Crippen LogP contribution >= 0.6 is 0 Å². The van der Waals surface area contributed by atoms with Gasteiger partial charge in [0.25, 0.3) is 0 Å². The molecular formula is C16H19N3O4S. The summed E-state index contributed by atoms with van der Waals surface area (Å²) in [5.41, 5.74) is -0.0221. The average molecular weight is 349 g/mol. The molecule has 0 fully saturated rings. The van der Waals surface area contributed by atoms with Crippen LogP contribution in [0.1, 0.15) is 25.1 Å². The van der Waals surface area contributed by atoms with Gasteiger partial charge in [-0.1, -0.05) is 12.1 Å². The van der Waals surface area contributed by atoms with Gasteiger partial charge >= 0.3 is 5.97 Å². The Morgan fingerprint density at radius 2 is 1.83 bits per heavy atom. The quantitative estimate of drug-likeness (QED) is 0.851. The van der Waals surface area contributed by atoms with Gasteiger partial charge in [0.05, 0.1) is 22.5 Å². The molecule has 0 radical (unpaired) electrons. The van der Waals surface area contributed by atoms with Crippen molar-refractivity contribution in [1.29, 1.82) is 0 Å². The maximum Gasteiger partial charge on any atom is 0.313 e. The minimum absolute atomic E-state index is 0.0958. The molecule has 0 saturated carbocycles. The molecule has 2 rings (SSSR count). The molecular weight excluding hydrogens is 330 g/mol. The van der Waals surface area contributed by atoms with Crippen molar-refractivity contribution < 1.29 is 18.3 Å². The van der Waals surface area contributed by atoms with Crippen molar-refractivity contribution in [3.05, 3.63) is 54.1 Å². The summed E-state index contributed by atoms with van der Waals surface area (Å²) in [5, 5.41) is 9.24. The maximum absolute atomic E-state index is 12.6. The Morgan fingerprint density at radius 1 is 1.21 bits per heavy atom. The molecule has 24 heavy (non-hydrogen) atoms.